The van der Waals surface area contributed by atoms with Crippen molar-refractivity contribution in [2.75, 3.05) is 13.2 Å². The zero-order chi connectivity index (χ0) is 50.7. The average Bonchev–Trinajstić information content (AvgIpc) is 3.36. The normalized spacial score (nSPS) is 12.8. The third-order valence-corrected chi connectivity index (χ3v) is 12.4. The fourth-order valence-corrected chi connectivity index (χ4v) is 7.99. The lowest BCUT2D eigenvalue weighted by Crippen LogP contribution is -2.30. The first-order chi connectivity index (χ1) is 34.5. The minimum Gasteiger partial charge on any atom is -0.462 e. The van der Waals surface area contributed by atoms with Crippen LogP contribution in [0.25, 0.3) is 0 Å². The monoisotopic (exact) mass is 973 g/mol. The number of unbranched alkanes of at least 4 members (excludes halogenated alkanes) is 25. The van der Waals surface area contributed by atoms with Gasteiger partial charge in [0.15, 0.2) is 6.10 Å². The Morgan fingerprint density at radius 1 is 0.300 bits per heavy atom. The van der Waals surface area contributed by atoms with Crippen LogP contribution in [0.3, 0.4) is 0 Å². The lowest BCUT2D eigenvalue weighted by atomic mass is 10.0. The lowest BCUT2D eigenvalue weighted by Gasteiger charge is -2.18. The van der Waals surface area contributed by atoms with Crippen molar-refractivity contribution in [2.45, 2.75) is 277 Å². The van der Waals surface area contributed by atoms with Gasteiger partial charge in [-0.3, -0.25) is 14.4 Å². The molecule has 0 aliphatic rings. The fraction of sp³-hybridized carbons (Fsp3) is 0.703. The molecule has 0 fully saturated rings. The second-order valence-electron chi connectivity index (χ2n) is 19.2. The average molecular weight is 974 g/mol. The van der Waals surface area contributed by atoms with Gasteiger partial charge in [0.2, 0.25) is 0 Å². The highest BCUT2D eigenvalue weighted by molar-refractivity contribution is 5.71. The zero-order valence-corrected chi connectivity index (χ0v) is 45.8. The number of hydrogen-bond donors (Lipinski definition) is 0. The third kappa shape index (κ3) is 55.3. The van der Waals surface area contributed by atoms with E-state index in [1.807, 2.05) is 0 Å². The molecule has 0 radical (unpaired) electrons. The summed E-state index contributed by atoms with van der Waals surface area (Å²) in [5.41, 5.74) is 0. The highest BCUT2D eigenvalue weighted by Crippen LogP contribution is 2.16. The largest absolute Gasteiger partial charge is 0.462 e. The maximum Gasteiger partial charge on any atom is 0.306 e. The Morgan fingerprint density at radius 2 is 0.557 bits per heavy atom. The molecule has 0 amide bonds. The van der Waals surface area contributed by atoms with Gasteiger partial charge in [0.25, 0.3) is 0 Å². The molecule has 1 unspecified atom stereocenters. The van der Waals surface area contributed by atoms with Crippen molar-refractivity contribution in [3.05, 3.63) is 97.2 Å². The Morgan fingerprint density at radius 3 is 0.871 bits per heavy atom. The first-order valence-corrected chi connectivity index (χ1v) is 29.2. The minimum absolute atomic E-state index is 0.0887. The van der Waals surface area contributed by atoms with Crippen molar-refractivity contribution in [2.24, 2.45) is 0 Å². The molecule has 6 heteroatoms. The van der Waals surface area contributed by atoms with E-state index in [9.17, 15) is 14.4 Å². The second kappa shape index (κ2) is 57.9. The summed E-state index contributed by atoms with van der Waals surface area (Å²) in [4.78, 5) is 38.0. The zero-order valence-electron chi connectivity index (χ0n) is 45.8. The van der Waals surface area contributed by atoms with Crippen LogP contribution in [-0.4, -0.2) is 37.2 Å². The van der Waals surface area contributed by atoms with Gasteiger partial charge in [-0.25, -0.2) is 0 Å². The predicted octanol–water partition coefficient (Wildman–Crippen LogP) is 19.7. The number of ether oxygens (including phenoxy) is 3. The molecule has 0 aromatic carbocycles. The first kappa shape index (κ1) is 66.3. The first-order valence-electron chi connectivity index (χ1n) is 29.2. The molecule has 0 aliphatic heterocycles. The van der Waals surface area contributed by atoms with E-state index in [0.29, 0.717) is 19.3 Å². The molecule has 0 rings (SSSR count). The Balaban J connectivity index is 4.31. The standard InChI is InChI=1S/C64H108O6/c1-4-7-10-13-16-19-21-23-25-27-28-29-30-31-32-33-34-35-36-38-39-41-43-45-48-51-54-57-63(66)69-60-61(59-68-62(65)56-53-50-47-18-15-12-9-6-3)70-64(67)58-55-52-49-46-44-42-40-37-26-24-22-20-17-14-11-8-5-2/h7,10,16,19,23,25,28-29,31-32,34-35,38-39,43,45,61H,4-6,8-9,11-15,17-18,20-22,24,26-27,30,33,36-37,40-42,44,46-60H2,1-3H3/b10-7-,19-16-,25-23-,29-28-,32-31-,35-34-,39-38-,45-43-. The molecule has 70 heavy (non-hydrogen) atoms. The van der Waals surface area contributed by atoms with E-state index in [4.69, 9.17) is 14.2 Å². The van der Waals surface area contributed by atoms with Crippen molar-refractivity contribution in [3.8, 4) is 0 Å². The van der Waals surface area contributed by atoms with Crippen LogP contribution in [0.15, 0.2) is 97.2 Å². The summed E-state index contributed by atoms with van der Waals surface area (Å²) in [5.74, 6) is -0.933. The van der Waals surface area contributed by atoms with Crippen molar-refractivity contribution < 1.29 is 28.6 Å². The van der Waals surface area contributed by atoms with Gasteiger partial charge in [0, 0.05) is 19.3 Å². The van der Waals surface area contributed by atoms with Crippen LogP contribution in [0, 0.1) is 0 Å². The predicted molar refractivity (Wildman–Crippen MR) is 302 cm³/mol. The summed E-state index contributed by atoms with van der Waals surface area (Å²) in [6.45, 7) is 6.47. The van der Waals surface area contributed by atoms with Crippen molar-refractivity contribution >= 4 is 17.9 Å². The molecule has 400 valence electrons. The van der Waals surface area contributed by atoms with E-state index in [1.165, 1.54) is 122 Å². The third-order valence-electron chi connectivity index (χ3n) is 12.4. The fourth-order valence-electron chi connectivity index (χ4n) is 7.99. The molecule has 0 aromatic rings. The van der Waals surface area contributed by atoms with E-state index in [-0.39, 0.29) is 31.1 Å². The SMILES string of the molecule is CC/C=C\C/C=C\C/C=C\C/C=C\C/C=C\C/C=C\C/C=C\C/C=C\CCCCC(=O)OCC(COC(=O)CCCCCCCCCC)OC(=O)CCCCCCCCCCCCCCCCCCC. The van der Waals surface area contributed by atoms with Crippen molar-refractivity contribution in [3.63, 3.8) is 0 Å². The lowest BCUT2D eigenvalue weighted by molar-refractivity contribution is -0.167. The topological polar surface area (TPSA) is 78.9 Å². The molecule has 0 saturated carbocycles. The Labute approximate surface area is 432 Å². The van der Waals surface area contributed by atoms with E-state index in [0.717, 1.165) is 109 Å². The number of allylic oxidation sites excluding steroid dienone is 16. The summed E-state index contributed by atoms with van der Waals surface area (Å²) in [6, 6.07) is 0. The summed E-state index contributed by atoms with van der Waals surface area (Å²) in [7, 11) is 0. The molecule has 0 bridgehead atoms. The highest BCUT2D eigenvalue weighted by atomic mass is 16.6. The van der Waals surface area contributed by atoms with Crippen LogP contribution in [0.5, 0.6) is 0 Å². The minimum atomic E-state index is -0.792. The number of carbonyl (C=O) groups excluding carboxylic acids is 3. The van der Waals surface area contributed by atoms with Crippen LogP contribution in [0.4, 0.5) is 0 Å². The van der Waals surface area contributed by atoms with Crippen LogP contribution in [-0.2, 0) is 28.6 Å². The van der Waals surface area contributed by atoms with E-state index in [1.54, 1.807) is 0 Å². The molecule has 0 saturated heterocycles. The van der Waals surface area contributed by atoms with Gasteiger partial charge in [-0.2, -0.15) is 0 Å². The smallest absolute Gasteiger partial charge is 0.306 e. The second-order valence-corrected chi connectivity index (χ2v) is 19.2. The van der Waals surface area contributed by atoms with Gasteiger partial charge in [0.05, 0.1) is 0 Å². The molecule has 0 aliphatic carbocycles. The Kier molecular flexibility index (Phi) is 54.9. The van der Waals surface area contributed by atoms with Crippen LogP contribution in [0.1, 0.15) is 271 Å². The van der Waals surface area contributed by atoms with Crippen LogP contribution in [0.2, 0.25) is 0 Å². The van der Waals surface area contributed by atoms with Gasteiger partial charge in [-0.15, -0.1) is 0 Å². The molecule has 0 aromatic heterocycles. The Hall–Kier alpha value is -3.67. The van der Waals surface area contributed by atoms with Gasteiger partial charge in [-0.1, -0.05) is 266 Å². The molecule has 1 atom stereocenters. The molecule has 0 spiro atoms. The van der Waals surface area contributed by atoms with Crippen molar-refractivity contribution in [1.29, 1.82) is 0 Å². The molecular formula is C64H108O6. The number of carbonyl (C=O) groups is 3. The van der Waals surface area contributed by atoms with Gasteiger partial charge >= 0.3 is 17.9 Å². The van der Waals surface area contributed by atoms with Gasteiger partial charge in [-0.05, 0) is 83.5 Å². The number of esters is 3. The maximum atomic E-state index is 12.8. The summed E-state index contributed by atoms with van der Waals surface area (Å²) < 4.78 is 16.8. The number of hydrogen-bond acceptors (Lipinski definition) is 6. The Bertz CT molecular complexity index is 1400. The van der Waals surface area contributed by atoms with Gasteiger partial charge in [0.1, 0.15) is 13.2 Å². The molecule has 6 nitrogen and oxygen atoms in total. The summed E-state index contributed by atoms with van der Waals surface area (Å²) >= 11 is 0. The van der Waals surface area contributed by atoms with E-state index < -0.39 is 6.10 Å². The number of rotatable bonds is 52. The van der Waals surface area contributed by atoms with Gasteiger partial charge < -0.3 is 14.2 Å². The van der Waals surface area contributed by atoms with E-state index in [2.05, 4.69) is 118 Å². The van der Waals surface area contributed by atoms with Crippen LogP contribution < -0.4 is 0 Å². The van der Waals surface area contributed by atoms with Crippen molar-refractivity contribution in [1.82, 2.24) is 0 Å². The summed E-state index contributed by atoms with van der Waals surface area (Å²) in [6.07, 6.45) is 77.0. The quantitative estimate of drug-likeness (QED) is 0.0262. The maximum absolute atomic E-state index is 12.8. The molecule has 0 heterocycles. The summed E-state index contributed by atoms with van der Waals surface area (Å²) in [5, 5.41) is 0. The highest BCUT2D eigenvalue weighted by Gasteiger charge is 2.19. The molecular weight excluding hydrogens is 865 g/mol. The van der Waals surface area contributed by atoms with Crippen LogP contribution >= 0.6 is 0 Å². The van der Waals surface area contributed by atoms with E-state index >= 15 is 0 Å². The molecule has 0 N–H and O–H groups in total.